The van der Waals surface area contributed by atoms with Crippen molar-refractivity contribution in [1.82, 2.24) is 0 Å². The van der Waals surface area contributed by atoms with Crippen LogP contribution in [0.4, 0.5) is 0 Å². The van der Waals surface area contributed by atoms with Crippen molar-refractivity contribution >= 4 is 15.9 Å². The molecular formula is C13H17Br. The standard InChI is InChI=1S/C13H17Br/c1-10-7-8-13(14)12(9-10)11-5-3-2-4-6-11/h7-9,11H,2-6H2,1H3. The Morgan fingerprint density at radius 2 is 1.86 bits per heavy atom. The summed E-state index contributed by atoms with van der Waals surface area (Å²) in [7, 11) is 0. The van der Waals surface area contributed by atoms with Gasteiger partial charge in [0.05, 0.1) is 0 Å². The van der Waals surface area contributed by atoms with E-state index in [1.165, 1.54) is 47.7 Å². The van der Waals surface area contributed by atoms with Crippen molar-refractivity contribution in [2.24, 2.45) is 0 Å². The molecule has 2 rings (SSSR count). The molecule has 1 aromatic rings. The summed E-state index contributed by atoms with van der Waals surface area (Å²) >= 11 is 3.67. The largest absolute Gasteiger partial charge is 0.0582 e. The zero-order valence-corrected chi connectivity index (χ0v) is 10.3. The molecule has 0 atom stereocenters. The SMILES string of the molecule is Cc1ccc(Br)c(C2CCCCC2)c1. The fraction of sp³-hybridized carbons (Fsp3) is 0.538. The lowest BCUT2D eigenvalue weighted by Crippen LogP contribution is -2.05. The van der Waals surface area contributed by atoms with Crippen molar-refractivity contribution in [3.05, 3.63) is 33.8 Å². The van der Waals surface area contributed by atoms with Gasteiger partial charge in [0.25, 0.3) is 0 Å². The van der Waals surface area contributed by atoms with Gasteiger partial charge in [0.15, 0.2) is 0 Å². The van der Waals surface area contributed by atoms with Gasteiger partial charge < -0.3 is 0 Å². The Balaban J connectivity index is 2.24. The van der Waals surface area contributed by atoms with Crippen LogP contribution in [0.2, 0.25) is 0 Å². The molecule has 0 unspecified atom stereocenters. The van der Waals surface area contributed by atoms with E-state index in [0.29, 0.717) is 0 Å². The van der Waals surface area contributed by atoms with Gasteiger partial charge in [-0.3, -0.25) is 0 Å². The highest BCUT2D eigenvalue weighted by Crippen LogP contribution is 2.36. The summed E-state index contributed by atoms with van der Waals surface area (Å²) in [4.78, 5) is 0. The van der Waals surface area contributed by atoms with Crippen molar-refractivity contribution in [2.45, 2.75) is 44.9 Å². The topological polar surface area (TPSA) is 0 Å². The van der Waals surface area contributed by atoms with E-state index in [-0.39, 0.29) is 0 Å². The summed E-state index contributed by atoms with van der Waals surface area (Å²) in [6.45, 7) is 2.18. The van der Waals surface area contributed by atoms with E-state index in [0.717, 1.165) is 5.92 Å². The van der Waals surface area contributed by atoms with Crippen LogP contribution in [0.3, 0.4) is 0 Å². The molecule has 0 aromatic heterocycles. The van der Waals surface area contributed by atoms with E-state index in [2.05, 4.69) is 41.1 Å². The molecule has 0 radical (unpaired) electrons. The summed E-state index contributed by atoms with van der Waals surface area (Å²) in [5.74, 6) is 0.804. The van der Waals surface area contributed by atoms with E-state index in [9.17, 15) is 0 Å². The lowest BCUT2D eigenvalue weighted by Gasteiger charge is -2.23. The third kappa shape index (κ3) is 2.20. The Bertz CT molecular complexity index is 311. The van der Waals surface area contributed by atoms with Gasteiger partial charge in [-0.1, -0.05) is 52.9 Å². The number of benzene rings is 1. The zero-order chi connectivity index (χ0) is 9.97. The molecule has 1 saturated carbocycles. The highest BCUT2D eigenvalue weighted by atomic mass is 79.9. The van der Waals surface area contributed by atoms with Crippen LogP contribution in [-0.2, 0) is 0 Å². The molecule has 0 amide bonds. The maximum Gasteiger partial charge on any atom is 0.0210 e. The third-order valence-corrected chi connectivity index (χ3v) is 3.92. The van der Waals surface area contributed by atoms with Gasteiger partial charge in [0, 0.05) is 4.47 Å². The molecular weight excluding hydrogens is 236 g/mol. The predicted molar refractivity (Wildman–Crippen MR) is 64.7 cm³/mol. The molecule has 1 fully saturated rings. The molecule has 1 aliphatic rings. The van der Waals surface area contributed by atoms with Crippen LogP contribution < -0.4 is 0 Å². The minimum atomic E-state index is 0.804. The Hall–Kier alpha value is -0.300. The van der Waals surface area contributed by atoms with E-state index in [1.54, 1.807) is 0 Å². The maximum atomic E-state index is 3.67. The van der Waals surface area contributed by atoms with Gasteiger partial charge in [-0.15, -0.1) is 0 Å². The van der Waals surface area contributed by atoms with Crippen molar-refractivity contribution < 1.29 is 0 Å². The molecule has 14 heavy (non-hydrogen) atoms. The normalized spacial score (nSPS) is 18.4. The van der Waals surface area contributed by atoms with Crippen LogP contribution in [-0.4, -0.2) is 0 Å². The minimum absolute atomic E-state index is 0.804. The Labute approximate surface area is 94.8 Å². The maximum absolute atomic E-state index is 3.67. The van der Waals surface area contributed by atoms with Crippen LogP contribution in [0, 0.1) is 6.92 Å². The van der Waals surface area contributed by atoms with Crippen LogP contribution in [0.5, 0.6) is 0 Å². The van der Waals surface area contributed by atoms with Crippen molar-refractivity contribution in [2.75, 3.05) is 0 Å². The number of halogens is 1. The van der Waals surface area contributed by atoms with Gasteiger partial charge in [-0.05, 0) is 37.3 Å². The van der Waals surface area contributed by atoms with Crippen LogP contribution >= 0.6 is 15.9 Å². The van der Waals surface area contributed by atoms with E-state index >= 15 is 0 Å². The third-order valence-electron chi connectivity index (χ3n) is 3.20. The average Bonchev–Trinajstić information content (AvgIpc) is 2.23. The lowest BCUT2D eigenvalue weighted by molar-refractivity contribution is 0.442. The molecule has 0 heterocycles. The summed E-state index contributed by atoms with van der Waals surface area (Å²) in [5, 5.41) is 0. The van der Waals surface area contributed by atoms with Crippen LogP contribution in [0.25, 0.3) is 0 Å². The van der Waals surface area contributed by atoms with Gasteiger partial charge >= 0.3 is 0 Å². The van der Waals surface area contributed by atoms with E-state index in [4.69, 9.17) is 0 Å². The van der Waals surface area contributed by atoms with Crippen molar-refractivity contribution in [3.8, 4) is 0 Å². The summed E-state index contributed by atoms with van der Waals surface area (Å²) < 4.78 is 1.30. The first-order chi connectivity index (χ1) is 6.77. The highest BCUT2D eigenvalue weighted by Gasteiger charge is 2.17. The molecule has 0 spiro atoms. The monoisotopic (exact) mass is 252 g/mol. The second-order valence-corrected chi connectivity index (χ2v) is 5.21. The van der Waals surface area contributed by atoms with Crippen LogP contribution in [0.1, 0.15) is 49.1 Å². The van der Waals surface area contributed by atoms with Gasteiger partial charge in [0.1, 0.15) is 0 Å². The second kappa shape index (κ2) is 4.48. The Kier molecular flexibility index (Phi) is 3.27. The van der Waals surface area contributed by atoms with Gasteiger partial charge in [0.2, 0.25) is 0 Å². The predicted octanol–water partition coefficient (Wildman–Crippen LogP) is 4.81. The first-order valence-corrected chi connectivity index (χ1v) is 6.33. The zero-order valence-electron chi connectivity index (χ0n) is 8.72. The molecule has 76 valence electrons. The number of aryl methyl sites for hydroxylation is 1. The van der Waals surface area contributed by atoms with E-state index < -0.39 is 0 Å². The molecule has 1 heteroatoms. The van der Waals surface area contributed by atoms with Crippen molar-refractivity contribution in [1.29, 1.82) is 0 Å². The fourth-order valence-corrected chi connectivity index (χ4v) is 2.96. The first kappa shape index (κ1) is 10.2. The van der Waals surface area contributed by atoms with Gasteiger partial charge in [-0.25, -0.2) is 0 Å². The molecule has 0 bridgehead atoms. The Morgan fingerprint density at radius 3 is 2.57 bits per heavy atom. The number of rotatable bonds is 1. The number of hydrogen-bond acceptors (Lipinski definition) is 0. The molecule has 0 nitrogen and oxygen atoms in total. The number of hydrogen-bond donors (Lipinski definition) is 0. The average molecular weight is 253 g/mol. The lowest BCUT2D eigenvalue weighted by atomic mass is 9.84. The molecule has 1 aliphatic carbocycles. The summed E-state index contributed by atoms with van der Waals surface area (Å²) in [6, 6.07) is 6.72. The van der Waals surface area contributed by atoms with E-state index in [1.807, 2.05) is 0 Å². The highest BCUT2D eigenvalue weighted by molar-refractivity contribution is 9.10. The first-order valence-electron chi connectivity index (χ1n) is 5.53. The second-order valence-electron chi connectivity index (χ2n) is 4.36. The Morgan fingerprint density at radius 1 is 1.14 bits per heavy atom. The van der Waals surface area contributed by atoms with Crippen LogP contribution in [0.15, 0.2) is 22.7 Å². The summed E-state index contributed by atoms with van der Waals surface area (Å²) in [5.41, 5.74) is 2.92. The minimum Gasteiger partial charge on any atom is -0.0582 e. The van der Waals surface area contributed by atoms with Gasteiger partial charge in [-0.2, -0.15) is 0 Å². The quantitative estimate of drug-likeness (QED) is 0.674. The molecule has 0 N–H and O–H groups in total. The smallest absolute Gasteiger partial charge is 0.0210 e. The summed E-state index contributed by atoms with van der Waals surface area (Å²) in [6.07, 6.45) is 7.00. The molecule has 0 saturated heterocycles. The van der Waals surface area contributed by atoms with Crippen molar-refractivity contribution in [3.63, 3.8) is 0 Å². The molecule has 0 aliphatic heterocycles. The molecule has 1 aromatic carbocycles. The fourth-order valence-electron chi connectivity index (χ4n) is 2.39.